The molecule has 1 saturated heterocycles. The minimum absolute atomic E-state index is 0. The van der Waals surface area contributed by atoms with E-state index in [1.54, 1.807) is 7.11 Å². The Morgan fingerprint density at radius 3 is 2.30 bits per heavy atom. The molecule has 1 aliphatic carbocycles. The second-order valence-electron chi connectivity index (χ2n) is 5.85. The largest absolute Gasteiger partial charge is 0.383 e. The lowest BCUT2D eigenvalue weighted by atomic mass is 9.81. The van der Waals surface area contributed by atoms with Crippen LogP contribution in [0.2, 0.25) is 0 Å². The van der Waals surface area contributed by atoms with Gasteiger partial charge in [-0.05, 0) is 12.8 Å². The molecule has 2 fully saturated rings. The predicted molar refractivity (Wildman–Crippen MR) is 87.2 cm³/mol. The van der Waals surface area contributed by atoms with Gasteiger partial charge in [0.05, 0.1) is 18.4 Å². The molecule has 2 rings (SSSR count). The van der Waals surface area contributed by atoms with Gasteiger partial charge < -0.3 is 15.4 Å². The molecule has 0 aromatic rings. The predicted octanol–water partition coefficient (Wildman–Crippen LogP) is -0.0644. The molecule has 1 heterocycles. The van der Waals surface area contributed by atoms with Gasteiger partial charge in [0.25, 0.3) is 0 Å². The first-order valence-corrected chi connectivity index (χ1v) is 7.96. The third-order valence-corrected chi connectivity index (χ3v) is 4.34. The van der Waals surface area contributed by atoms with E-state index in [9.17, 15) is 14.4 Å². The van der Waals surface area contributed by atoms with Crippen molar-refractivity contribution in [3.63, 3.8) is 0 Å². The molecule has 0 bridgehead atoms. The Morgan fingerprint density at radius 1 is 1.13 bits per heavy atom. The summed E-state index contributed by atoms with van der Waals surface area (Å²) in [6.07, 6.45) is 3.54. The van der Waals surface area contributed by atoms with Crippen molar-refractivity contribution in [1.29, 1.82) is 0 Å². The number of rotatable bonds is 8. The molecule has 7 nitrogen and oxygen atoms in total. The number of carbonyl (C=O) groups excluding carboxylic acids is 3. The number of imide groups is 1. The average Bonchev–Trinajstić information content (AvgIpc) is 2.76. The highest BCUT2D eigenvalue weighted by Crippen LogP contribution is 2.37. The standard InChI is InChI=1S/C15H25N3O4.ClH/c1-22-9-8-16-6-7-17-13(19)10-18-14(20)11-4-2-3-5-12(11)15(18)21;/h11-12,16H,2-10H2,1H3,(H,17,19);1H. The summed E-state index contributed by atoms with van der Waals surface area (Å²) in [7, 11) is 1.63. The van der Waals surface area contributed by atoms with Crippen molar-refractivity contribution in [2.75, 3.05) is 39.9 Å². The molecule has 2 unspecified atom stereocenters. The Morgan fingerprint density at radius 2 is 1.74 bits per heavy atom. The first-order chi connectivity index (χ1) is 10.6. The van der Waals surface area contributed by atoms with Gasteiger partial charge in [0, 0.05) is 26.7 Å². The summed E-state index contributed by atoms with van der Waals surface area (Å²) in [4.78, 5) is 37.5. The second-order valence-corrected chi connectivity index (χ2v) is 5.85. The molecule has 0 aromatic heterocycles. The molecule has 132 valence electrons. The fourth-order valence-electron chi connectivity index (χ4n) is 3.18. The normalized spacial score (nSPS) is 23.4. The van der Waals surface area contributed by atoms with E-state index in [4.69, 9.17) is 4.74 Å². The molecule has 0 spiro atoms. The fraction of sp³-hybridized carbons (Fsp3) is 0.800. The van der Waals surface area contributed by atoms with Crippen LogP contribution in [0, 0.1) is 11.8 Å². The number of halogens is 1. The van der Waals surface area contributed by atoms with Gasteiger partial charge in [0.1, 0.15) is 6.54 Å². The molecule has 1 aliphatic heterocycles. The molecule has 8 heteroatoms. The molecule has 0 radical (unpaired) electrons. The maximum absolute atomic E-state index is 12.2. The minimum atomic E-state index is -0.283. The number of hydrogen-bond donors (Lipinski definition) is 2. The van der Waals surface area contributed by atoms with Crippen LogP contribution in [0.4, 0.5) is 0 Å². The van der Waals surface area contributed by atoms with Gasteiger partial charge in [-0.15, -0.1) is 12.4 Å². The summed E-state index contributed by atoms with van der Waals surface area (Å²) in [6, 6.07) is 0. The molecule has 2 aliphatic rings. The van der Waals surface area contributed by atoms with Crippen LogP contribution >= 0.6 is 12.4 Å². The van der Waals surface area contributed by atoms with E-state index in [1.165, 1.54) is 0 Å². The number of nitrogens with one attached hydrogen (secondary N) is 2. The lowest BCUT2D eigenvalue weighted by Gasteiger charge is -2.19. The van der Waals surface area contributed by atoms with E-state index in [-0.39, 0.29) is 48.5 Å². The van der Waals surface area contributed by atoms with E-state index >= 15 is 0 Å². The molecule has 2 atom stereocenters. The van der Waals surface area contributed by atoms with Crippen molar-refractivity contribution in [3.05, 3.63) is 0 Å². The van der Waals surface area contributed by atoms with Crippen molar-refractivity contribution in [1.82, 2.24) is 15.5 Å². The zero-order valence-corrected chi connectivity index (χ0v) is 14.3. The quantitative estimate of drug-likeness (QED) is 0.474. The Hall–Kier alpha value is -1.18. The average molecular weight is 348 g/mol. The van der Waals surface area contributed by atoms with Crippen molar-refractivity contribution < 1.29 is 19.1 Å². The van der Waals surface area contributed by atoms with Crippen LogP contribution in [-0.4, -0.2) is 62.5 Å². The number of likely N-dealkylation sites (tertiary alicyclic amines) is 1. The third-order valence-electron chi connectivity index (χ3n) is 4.34. The van der Waals surface area contributed by atoms with Crippen LogP contribution in [0.15, 0.2) is 0 Å². The molecule has 1 saturated carbocycles. The Kier molecular flexibility index (Phi) is 8.51. The van der Waals surface area contributed by atoms with Gasteiger partial charge in [-0.25, -0.2) is 0 Å². The van der Waals surface area contributed by atoms with Crippen molar-refractivity contribution in [2.24, 2.45) is 11.8 Å². The van der Waals surface area contributed by atoms with Gasteiger partial charge in [-0.3, -0.25) is 19.3 Å². The topological polar surface area (TPSA) is 87.7 Å². The number of amides is 3. The Labute approximate surface area is 142 Å². The van der Waals surface area contributed by atoms with Crippen LogP contribution in [0.25, 0.3) is 0 Å². The third kappa shape index (κ3) is 5.16. The number of methoxy groups -OCH3 is 1. The Balaban J connectivity index is 0.00000264. The molecule has 0 aromatic carbocycles. The zero-order chi connectivity index (χ0) is 15.9. The summed E-state index contributed by atoms with van der Waals surface area (Å²) in [5, 5.41) is 5.83. The van der Waals surface area contributed by atoms with Crippen molar-refractivity contribution >= 4 is 30.1 Å². The molecular formula is C15H26ClN3O4. The van der Waals surface area contributed by atoms with Gasteiger partial charge in [0.2, 0.25) is 17.7 Å². The zero-order valence-electron chi connectivity index (χ0n) is 13.5. The first kappa shape index (κ1) is 19.9. The van der Waals surface area contributed by atoms with Crippen LogP contribution < -0.4 is 10.6 Å². The number of ether oxygens (including phenoxy) is 1. The fourth-order valence-corrected chi connectivity index (χ4v) is 3.18. The van der Waals surface area contributed by atoms with E-state index in [2.05, 4.69) is 10.6 Å². The molecule has 2 N–H and O–H groups in total. The van der Waals surface area contributed by atoms with E-state index in [0.717, 1.165) is 37.1 Å². The Bertz CT molecular complexity index is 409. The highest BCUT2D eigenvalue weighted by atomic mass is 35.5. The summed E-state index contributed by atoms with van der Waals surface area (Å²) in [5.74, 6) is -0.991. The monoisotopic (exact) mass is 347 g/mol. The second kappa shape index (κ2) is 9.85. The highest BCUT2D eigenvalue weighted by Gasteiger charge is 2.48. The van der Waals surface area contributed by atoms with Gasteiger partial charge in [-0.1, -0.05) is 12.8 Å². The number of carbonyl (C=O) groups is 3. The van der Waals surface area contributed by atoms with Crippen molar-refractivity contribution in [2.45, 2.75) is 25.7 Å². The smallest absolute Gasteiger partial charge is 0.240 e. The van der Waals surface area contributed by atoms with Crippen LogP contribution in [0.3, 0.4) is 0 Å². The van der Waals surface area contributed by atoms with Gasteiger partial charge in [0.15, 0.2) is 0 Å². The molecule has 3 amide bonds. The van der Waals surface area contributed by atoms with Crippen molar-refractivity contribution in [3.8, 4) is 0 Å². The van der Waals surface area contributed by atoms with Crippen LogP contribution in [0.5, 0.6) is 0 Å². The number of hydrogen-bond acceptors (Lipinski definition) is 5. The van der Waals surface area contributed by atoms with Crippen LogP contribution in [-0.2, 0) is 19.1 Å². The first-order valence-electron chi connectivity index (χ1n) is 7.96. The number of nitrogens with zero attached hydrogens (tertiary/aromatic N) is 1. The summed E-state index contributed by atoms with van der Waals surface area (Å²) in [5.41, 5.74) is 0. The maximum Gasteiger partial charge on any atom is 0.240 e. The summed E-state index contributed by atoms with van der Waals surface area (Å²) < 4.78 is 4.90. The van der Waals surface area contributed by atoms with E-state index in [1.807, 2.05) is 0 Å². The SMILES string of the molecule is COCCNCCNC(=O)CN1C(=O)C2CCCCC2C1=O.Cl. The minimum Gasteiger partial charge on any atom is -0.383 e. The van der Waals surface area contributed by atoms with Gasteiger partial charge >= 0.3 is 0 Å². The molecule has 23 heavy (non-hydrogen) atoms. The highest BCUT2D eigenvalue weighted by molar-refractivity contribution is 6.07. The van der Waals surface area contributed by atoms with E-state index < -0.39 is 0 Å². The summed E-state index contributed by atoms with van der Waals surface area (Å²) in [6.45, 7) is 2.28. The maximum atomic E-state index is 12.2. The molecular weight excluding hydrogens is 322 g/mol. The number of fused-ring (bicyclic) bond motifs is 1. The summed E-state index contributed by atoms with van der Waals surface area (Å²) >= 11 is 0. The van der Waals surface area contributed by atoms with Gasteiger partial charge in [-0.2, -0.15) is 0 Å². The lowest BCUT2D eigenvalue weighted by Crippen LogP contribution is -2.42. The lowest BCUT2D eigenvalue weighted by molar-refractivity contribution is -0.143. The van der Waals surface area contributed by atoms with Crippen LogP contribution in [0.1, 0.15) is 25.7 Å². The van der Waals surface area contributed by atoms with E-state index in [0.29, 0.717) is 19.7 Å².